The maximum absolute atomic E-state index is 5.58. The second kappa shape index (κ2) is 14.9. The van der Waals surface area contributed by atoms with Crippen molar-refractivity contribution in [1.82, 2.24) is 15.6 Å². The van der Waals surface area contributed by atoms with Gasteiger partial charge >= 0.3 is 0 Å². The predicted octanol–water partition coefficient (Wildman–Crippen LogP) is 3.62. The molecule has 1 rings (SSSR count). The number of halogens is 1. The fraction of sp³-hybridized carbons (Fsp3) is 0.765. The first-order chi connectivity index (χ1) is 11.1. The van der Waals surface area contributed by atoms with Crippen molar-refractivity contribution >= 4 is 41.3 Å². The molecule has 1 aromatic heterocycles. The van der Waals surface area contributed by atoms with Gasteiger partial charge in [0.05, 0.1) is 11.6 Å². The van der Waals surface area contributed by atoms with E-state index in [1.165, 1.54) is 5.01 Å². The largest absolute Gasteiger partial charge is 0.380 e. The Kier molecular flexibility index (Phi) is 14.6. The molecule has 5 nitrogen and oxygen atoms in total. The van der Waals surface area contributed by atoms with Gasteiger partial charge in [-0.15, -0.1) is 35.3 Å². The second-order valence-electron chi connectivity index (χ2n) is 6.06. The summed E-state index contributed by atoms with van der Waals surface area (Å²) in [5, 5.41) is 9.96. The summed E-state index contributed by atoms with van der Waals surface area (Å²) in [6.45, 7) is 9.74. The van der Waals surface area contributed by atoms with Gasteiger partial charge < -0.3 is 15.4 Å². The molecule has 0 radical (unpaired) electrons. The van der Waals surface area contributed by atoms with Gasteiger partial charge in [-0.1, -0.05) is 13.8 Å². The summed E-state index contributed by atoms with van der Waals surface area (Å²) < 4.78 is 5.58. The highest BCUT2D eigenvalue weighted by molar-refractivity contribution is 14.0. The molecule has 0 unspecified atom stereocenters. The molecule has 0 atom stereocenters. The van der Waals surface area contributed by atoms with Crippen molar-refractivity contribution in [1.29, 1.82) is 0 Å². The van der Waals surface area contributed by atoms with Gasteiger partial charge in [-0.25, -0.2) is 4.98 Å². The number of thiazole rings is 1. The van der Waals surface area contributed by atoms with E-state index in [0.29, 0.717) is 5.92 Å². The van der Waals surface area contributed by atoms with Gasteiger partial charge in [0.25, 0.3) is 0 Å². The van der Waals surface area contributed by atoms with E-state index in [2.05, 4.69) is 39.8 Å². The number of nitrogens with one attached hydrogen (secondary N) is 2. The van der Waals surface area contributed by atoms with Crippen LogP contribution in [0.3, 0.4) is 0 Å². The highest BCUT2D eigenvalue weighted by Gasteiger charge is 2.00. The Hall–Kier alpha value is -0.410. The molecular formula is C17H33IN4OS. The average molecular weight is 468 g/mol. The summed E-state index contributed by atoms with van der Waals surface area (Å²) >= 11 is 1.76. The minimum Gasteiger partial charge on any atom is -0.380 e. The Morgan fingerprint density at radius 1 is 1.25 bits per heavy atom. The Morgan fingerprint density at radius 3 is 2.62 bits per heavy atom. The van der Waals surface area contributed by atoms with Crippen molar-refractivity contribution in [2.24, 2.45) is 10.9 Å². The van der Waals surface area contributed by atoms with E-state index in [0.717, 1.165) is 63.6 Å². The summed E-state index contributed by atoms with van der Waals surface area (Å²) in [5.74, 6) is 1.55. The number of aromatic nitrogens is 1. The number of rotatable bonds is 11. The lowest BCUT2D eigenvalue weighted by Crippen LogP contribution is -2.39. The van der Waals surface area contributed by atoms with Crippen LogP contribution in [-0.2, 0) is 11.2 Å². The Morgan fingerprint density at radius 2 is 2.00 bits per heavy atom. The highest BCUT2D eigenvalue weighted by atomic mass is 127. The molecule has 0 saturated heterocycles. The fourth-order valence-corrected chi connectivity index (χ4v) is 2.83. The molecule has 0 aromatic carbocycles. The summed E-state index contributed by atoms with van der Waals surface area (Å²) in [4.78, 5) is 8.71. The van der Waals surface area contributed by atoms with Crippen LogP contribution in [0.25, 0.3) is 0 Å². The number of aliphatic imine (C=N–C) groups is 1. The molecule has 24 heavy (non-hydrogen) atoms. The first kappa shape index (κ1) is 23.6. The first-order valence-electron chi connectivity index (χ1n) is 8.55. The molecule has 2 N–H and O–H groups in total. The molecule has 0 aliphatic heterocycles. The van der Waals surface area contributed by atoms with E-state index in [4.69, 9.17) is 4.74 Å². The van der Waals surface area contributed by atoms with Gasteiger partial charge in [-0.3, -0.25) is 4.99 Å². The lowest BCUT2D eigenvalue weighted by atomic mass is 10.1. The zero-order chi connectivity index (χ0) is 16.9. The molecule has 0 fully saturated rings. The summed E-state index contributed by atoms with van der Waals surface area (Å²) in [6.07, 6.45) is 4.45. The quantitative estimate of drug-likeness (QED) is 0.226. The van der Waals surface area contributed by atoms with Crippen molar-refractivity contribution in [3.63, 3.8) is 0 Å². The van der Waals surface area contributed by atoms with E-state index < -0.39 is 0 Å². The molecule has 0 spiro atoms. The maximum atomic E-state index is 5.58. The fourth-order valence-electron chi connectivity index (χ4n) is 2.01. The monoisotopic (exact) mass is 468 g/mol. The van der Waals surface area contributed by atoms with Crippen molar-refractivity contribution in [2.75, 3.05) is 33.4 Å². The van der Waals surface area contributed by atoms with Crippen LogP contribution in [0.2, 0.25) is 0 Å². The maximum Gasteiger partial charge on any atom is 0.191 e. The SMILES string of the molecule is CN=C(NCCCCc1nc(C)cs1)NCCOCCC(C)C.I. The van der Waals surface area contributed by atoms with Gasteiger partial charge in [0.1, 0.15) is 0 Å². The van der Waals surface area contributed by atoms with E-state index >= 15 is 0 Å². The normalized spacial score (nSPS) is 11.5. The van der Waals surface area contributed by atoms with Crippen molar-refractivity contribution < 1.29 is 4.74 Å². The van der Waals surface area contributed by atoms with Crippen molar-refractivity contribution in [2.45, 2.75) is 46.5 Å². The molecule has 0 aliphatic carbocycles. The number of guanidine groups is 1. The van der Waals surface area contributed by atoms with Crippen LogP contribution >= 0.6 is 35.3 Å². The van der Waals surface area contributed by atoms with Crippen LogP contribution in [0.5, 0.6) is 0 Å². The molecule has 140 valence electrons. The van der Waals surface area contributed by atoms with Gasteiger partial charge in [0, 0.05) is 37.8 Å². The molecule has 7 heteroatoms. The lowest BCUT2D eigenvalue weighted by Gasteiger charge is -2.12. The first-order valence-corrected chi connectivity index (χ1v) is 9.43. The van der Waals surface area contributed by atoms with Gasteiger partial charge in [-0.2, -0.15) is 0 Å². The summed E-state index contributed by atoms with van der Waals surface area (Å²) in [7, 11) is 1.80. The minimum atomic E-state index is 0. The van der Waals surface area contributed by atoms with Crippen molar-refractivity contribution in [3.05, 3.63) is 16.1 Å². The number of hydrogen-bond acceptors (Lipinski definition) is 4. The molecule has 0 bridgehead atoms. The highest BCUT2D eigenvalue weighted by Crippen LogP contribution is 2.11. The number of aryl methyl sites for hydroxylation is 2. The molecule has 0 amide bonds. The Bertz CT molecular complexity index is 452. The van der Waals surface area contributed by atoms with Gasteiger partial charge in [0.15, 0.2) is 5.96 Å². The Labute approximate surface area is 168 Å². The van der Waals surface area contributed by atoms with Crippen LogP contribution in [0.4, 0.5) is 0 Å². The Balaban J connectivity index is 0.00000529. The van der Waals surface area contributed by atoms with Crippen LogP contribution in [-0.4, -0.2) is 44.3 Å². The molecule has 0 aliphatic rings. The predicted molar refractivity (Wildman–Crippen MR) is 115 cm³/mol. The zero-order valence-corrected chi connectivity index (χ0v) is 18.6. The number of ether oxygens (including phenoxy) is 1. The smallest absolute Gasteiger partial charge is 0.191 e. The van der Waals surface area contributed by atoms with Crippen molar-refractivity contribution in [3.8, 4) is 0 Å². The van der Waals surface area contributed by atoms with Crippen LogP contribution < -0.4 is 10.6 Å². The van der Waals surface area contributed by atoms with E-state index in [1.54, 1.807) is 18.4 Å². The second-order valence-corrected chi connectivity index (χ2v) is 7.00. The summed E-state index contributed by atoms with van der Waals surface area (Å²) in [6, 6.07) is 0. The molecule has 0 saturated carbocycles. The van der Waals surface area contributed by atoms with Crippen LogP contribution in [0, 0.1) is 12.8 Å². The van der Waals surface area contributed by atoms with Crippen LogP contribution in [0.15, 0.2) is 10.4 Å². The third kappa shape index (κ3) is 12.0. The van der Waals surface area contributed by atoms with Crippen LogP contribution in [0.1, 0.15) is 43.8 Å². The minimum absolute atomic E-state index is 0. The molecule has 1 aromatic rings. The molecule has 1 heterocycles. The van der Waals surface area contributed by atoms with E-state index in [-0.39, 0.29) is 24.0 Å². The number of unbranched alkanes of at least 4 members (excludes halogenated alkanes) is 1. The van der Waals surface area contributed by atoms with E-state index in [9.17, 15) is 0 Å². The average Bonchev–Trinajstić information content (AvgIpc) is 2.93. The topological polar surface area (TPSA) is 58.5 Å². The number of nitrogens with zero attached hydrogens (tertiary/aromatic N) is 2. The van der Waals surface area contributed by atoms with E-state index in [1.807, 2.05) is 6.92 Å². The molecular weight excluding hydrogens is 435 g/mol. The number of hydrogen-bond donors (Lipinski definition) is 2. The zero-order valence-electron chi connectivity index (χ0n) is 15.4. The lowest BCUT2D eigenvalue weighted by molar-refractivity contribution is 0.128. The van der Waals surface area contributed by atoms with Gasteiger partial charge in [0.2, 0.25) is 0 Å². The third-order valence-corrected chi connectivity index (χ3v) is 4.40. The standard InChI is InChI=1S/C17H32N4OS.HI/c1-14(2)8-11-22-12-10-20-17(18-4)19-9-6-5-7-16-21-15(3)13-23-16;/h13-14H,5-12H2,1-4H3,(H2,18,19,20);1H. The summed E-state index contributed by atoms with van der Waals surface area (Å²) in [5.41, 5.74) is 1.13. The van der Waals surface area contributed by atoms with Gasteiger partial charge in [-0.05, 0) is 38.5 Å². The third-order valence-electron chi connectivity index (χ3n) is 3.38.